The van der Waals surface area contributed by atoms with Crippen molar-refractivity contribution in [1.82, 2.24) is 0 Å². The maximum absolute atomic E-state index is 5.77. The molecule has 0 saturated carbocycles. The van der Waals surface area contributed by atoms with Crippen molar-refractivity contribution in [3.05, 3.63) is 0 Å². The zero-order valence-electron chi connectivity index (χ0n) is 4.83. The van der Waals surface area contributed by atoms with Gasteiger partial charge in [0.25, 0.3) is 0 Å². The molecule has 0 aromatic carbocycles. The predicted molar refractivity (Wildman–Crippen MR) is 39.5 cm³/mol. The SMILES string of the molecule is CC(C)(Cl)C([SiH3])Cl. The normalized spacial score (nSPS) is 17.1. The summed E-state index contributed by atoms with van der Waals surface area (Å²) in [4.78, 5) is -0.201. The van der Waals surface area contributed by atoms with Crippen LogP contribution in [0.3, 0.4) is 0 Å². The first-order valence-corrected chi connectivity index (χ1v) is 4.24. The van der Waals surface area contributed by atoms with E-state index in [1.54, 1.807) is 0 Å². The van der Waals surface area contributed by atoms with Gasteiger partial charge in [0.1, 0.15) is 0 Å². The number of rotatable bonds is 1. The molecule has 0 heterocycles. The molecule has 0 N–H and O–H groups in total. The smallest absolute Gasteiger partial charge is 0.0517 e. The monoisotopic (exact) mass is 156 g/mol. The lowest BCUT2D eigenvalue weighted by Gasteiger charge is -2.17. The lowest BCUT2D eigenvalue weighted by Crippen LogP contribution is -2.24. The number of hydrogen-bond donors (Lipinski definition) is 0. The molecular formula is C4H10Cl2Si. The van der Waals surface area contributed by atoms with Gasteiger partial charge in [0.05, 0.1) is 4.87 Å². The first-order valence-electron chi connectivity index (χ1n) is 2.27. The second-order valence-electron chi connectivity index (χ2n) is 2.18. The highest BCUT2D eigenvalue weighted by Gasteiger charge is 2.19. The van der Waals surface area contributed by atoms with Gasteiger partial charge in [-0.25, -0.2) is 0 Å². The fourth-order valence-electron chi connectivity index (χ4n) is 0. The summed E-state index contributed by atoms with van der Waals surface area (Å²) in [6.45, 7) is 3.86. The van der Waals surface area contributed by atoms with E-state index in [0.717, 1.165) is 10.2 Å². The van der Waals surface area contributed by atoms with Gasteiger partial charge in [-0.2, -0.15) is 0 Å². The van der Waals surface area contributed by atoms with Crippen LogP contribution in [0.5, 0.6) is 0 Å². The summed E-state index contributed by atoms with van der Waals surface area (Å²) in [5, 5.41) is 0.175. The first kappa shape index (κ1) is 7.80. The Morgan fingerprint density at radius 2 is 1.71 bits per heavy atom. The Morgan fingerprint density at radius 3 is 1.71 bits per heavy atom. The maximum Gasteiger partial charge on any atom is 0.0517 e. The fourth-order valence-corrected chi connectivity index (χ4v) is 0. The standard InChI is InChI=1S/C4H10Cl2Si/c1-4(2,6)3(5)7/h3H,1-2,7H3. The second kappa shape index (κ2) is 2.38. The molecule has 0 radical (unpaired) electrons. The molecule has 7 heavy (non-hydrogen) atoms. The molecule has 0 rings (SSSR count). The molecule has 0 bridgehead atoms. The molecule has 0 aliphatic carbocycles. The Bertz CT molecular complexity index is 55.2. The van der Waals surface area contributed by atoms with Crippen LogP contribution in [0.1, 0.15) is 13.8 Å². The Balaban J connectivity index is 3.54. The van der Waals surface area contributed by atoms with Crippen LogP contribution in [0.15, 0.2) is 0 Å². The fraction of sp³-hybridized carbons (Fsp3) is 1.00. The highest BCUT2D eigenvalue weighted by Crippen LogP contribution is 2.19. The third-order valence-electron chi connectivity index (χ3n) is 0.946. The van der Waals surface area contributed by atoms with Gasteiger partial charge in [0, 0.05) is 15.2 Å². The van der Waals surface area contributed by atoms with Crippen LogP contribution in [-0.2, 0) is 0 Å². The van der Waals surface area contributed by atoms with Crippen molar-refractivity contribution in [2.75, 3.05) is 0 Å². The van der Waals surface area contributed by atoms with E-state index in [4.69, 9.17) is 23.2 Å². The van der Waals surface area contributed by atoms with E-state index in [-0.39, 0.29) is 9.87 Å². The minimum atomic E-state index is -0.201. The van der Waals surface area contributed by atoms with Crippen LogP contribution < -0.4 is 0 Å². The lowest BCUT2D eigenvalue weighted by molar-refractivity contribution is 0.758. The van der Waals surface area contributed by atoms with Crippen LogP contribution in [-0.4, -0.2) is 20.1 Å². The molecule has 3 heteroatoms. The summed E-state index contributed by atoms with van der Waals surface area (Å²) < 4.78 is 0. The Labute approximate surface area is 57.6 Å². The van der Waals surface area contributed by atoms with Crippen molar-refractivity contribution in [2.45, 2.75) is 23.7 Å². The van der Waals surface area contributed by atoms with Gasteiger partial charge in [-0.05, 0) is 13.8 Å². The van der Waals surface area contributed by atoms with E-state index < -0.39 is 0 Å². The second-order valence-corrected chi connectivity index (χ2v) is 5.70. The summed E-state index contributed by atoms with van der Waals surface area (Å²) in [7, 11) is 0.961. The molecule has 0 aliphatic rings. The molecule has 0 nitrogen and oxygen atoms in total. The average molecular weight is 157 g/mol. The molecule has 0 spiro atoms. The molecule has 1 unspecified atom stereocenters. The van der Waals surface area contributed by atoms with Crippen molar-refractivity contribution in [3.63, 3.8) is 0 Å². The van der Waals surface area contributed by atoms with Gasteiger partial charge in [0.15, 0.2) is 0 Å². The Kier molecular flexibility index (Phi) is 2.65. The summed E-state index contributed by atoms with van der Waals surface area (Å²) >= 11 is 11.5. The molecular weight excluding hydrogens is 147 g/mol. The van der Waals surface area contributed by atoms with Gasteiger partial charge >= 0.3 is 0 Å². The van der Waals surface area contributed by atoms with Crippen molar-refractivity contribution in [3.8, 4) is 0 Å². The van der Waals surface area contributed by atoms with Gasteiger partial charge in [-0.1, -0.05) is 0 Å². The minimum absolute atomic E-state index is 0.175. The molecule has 0 aromatic heterocycles. The summed E-state index contributed by atoms with van der Waals surface area (Å²) in [5.41, 5.74) is 0. The molecule has 1 atom stereocenters. The first-order chi connectivity index (χ1) is 2.94. The molecule has 44 valence electrons. The predicted octanol–water partition coefficient (Wildman–Crippen LogP) is 0.934. The van der Waals surface area contributed by atoms with Gasteiger partial charge < -0.3 is 0 Å². The minimum Gasteiger partial charge on any atom is -0.126 e. The number of hydrogen-bond acceptors (Lipinski definition) is 0. The quantitative estimate of drug-likeness (QED) is 0.392. The van der Waals surface area contributed by atoms with Gasteiger partial charge in [-0.3, -0.25) is 0 Å². The molecule has 0 aromatic rings. The third-order valence-corrected chi connectivity index (χ3v) is 3.74. The van der Waals surface area contributed by atoms with E-state index in [9.17, 15) is 0 Å². The average Bonchev–Trinajstić information content (AvgIpc) is 1.31. The Hall–Kier alpha value is 0.797. The van der Waals surface area contributed by atoms with Crippen LogP contribution in [0.4, 0.5) is 0 Å². The van der Waals surface area contributed by atoms with Crippen LogP contribution in [0.25, 0.3) is 0 Å². The third kappa shape index (κ3) is 3.39. The van der Waals surface area contributed by atoms with E-state index in [1.807, 2.05) is 13.8 Å². The van der Waals surface area contributed by atoms with E-state index >= 15 is 0 Å². The van der Waals surface area contributed by atoms with E-state index in [2.05, 4.69) is 0 Å². The van der Waals surface area contributed by atoms with Gasteiger partial charge in [0.2, 0.25) is 0 Å². The molecule has 0 amide bonds. The lowest BCUT2D eigenvalue weighted by atomic mass is 10.2. The van der Waals surface area contributed by atoms with Crippen molar-refractivity contribution >= 4 is 33.4 Å². The zero-order chi connectivity index (χ0) is 6.08. The number of alkyl halides is 2. The highest BCUT2D eigenvalue weighted by molar-refractivity contribution is 6.46. The summed E-state index contributed by atoms with van der Waals surface area (Å²) in [5.74, 6) is 0. The summed E-state index contributed by atoms with van der Waals surface area (Å²) in [6, 6.07) is 0. The van der Waals surface area contributed by atoms with Crippen LogP contribution >= 0.6 is 23.2 Å². The van der Waals surface area contributed by atoms with E-state index in [1.165, 1.54) is 0 Å². The van der Waals surface area contributed by atoms with Crippen LogP contribution in [0.2, 0.25) is 0 Å². The van der Waals surface area contributed by atoms with Crippen molar-refractivity contribution in [2.24, 2.45) is 0 Å². The molecule has 0 saturated heterocycles. The topological polar surface area (TPSA) is 0 Å². The zero-order valence-corrected chi connectivity index (χ0v) is 8.35. The highest BCUT2D eigenvalue weighted by atomic mass is 35.5. The number of halogens is 2. The van der Waals surface area contributed by atoms with Gasteiger partial charge in [-0.15, -0.1) is 23.2 Å². The largest absolute Gasteiger partial charge is 0.126 e. The maximum atomic E-state index is 5.77. The summed E-state index contributed by atoms with van der Waals surface area (Å²) in [6.07, 6.45) is 0. The molecule has 0 aliphatic heterocycles. The molecule has 0 fully saturated rings. The van der Waals surface area contributed by atoms with E-state index in [0.29, 0.717) is 0 Å². The van der Waals surface area contributed by atoms with Crippen LogP contribution in [0, 0.1) is 0 Å². The van der Waals surface area contributed by atoms with Crippen molar-refractivity contribution < 1.29 is 0 Å². The van der Waals surface area contributed by atoms with Crippen molar-refractivity contribution in [1.29, 1.82) is 0 Å². The Morgan fingerprint density at radius 1 is 1.57 bits per heavy atom.